The molecule has 0 amide bonds. The van der Waals surface area contributed by atoms with E-state index in [9.17, 15) is 0 Å². The van der Waals surface area contributed by atoms with Gasteiger partial charge in [-0.25, -0.2) is 0 Å². The monoisotopic (exact) mass is 155 g/mol. The van der Waals surface area contributed by atoms with E-state index in [-0.39, 0.29) is 0 Å². The molecule has 66 valence electrons. The first-order chi connectivity index (χ1) is 5.34. The van der Waals surface area contributed by atoms with Crippen LogP contribution < -0.4 is 5.32 Å². The summed E-state index contributed by atoms with van der Waals surface area (Å²) in [6.07, 6.45) is 5.84. The lowest BCUT2D eigenvalue weighted by Gasteiger charge is -2.31. The Labute approximate surface area is 70.6 Å². The van der Waals surface area contributed by atoms with Crippen LogP contribution in [0.25, 0.3) is 0 Å². The second-order valence-corrected chi connectivity index (χ2v) is 3.81. The van der Waals surface area contributed by atoms with Crippen molar-refractivity contribution in [2.24, 2.45) is 11.8 Å². The molecule has 0 radical (unpaired) electrons. The van der Waals surface area contributed by atoms with Gasteiger partial charge in [-0.3, -0.25) is 0 Å². The van der Waals surface area contributed by atoms with Crippen LogP contribution in [0.3, 0.4) is 0 Å². The van der Waals surface area contributed by atoms with Crippen molar-refractivity contribution in [3.8, 4) is 0 Å². The summed E-state index contributed by atoms with van der Waals surface area (Å²) in [5, 5.41) is 3.38. The van der Waals surface area contributed by atoms with Gasteiger partial charge in [-0.05, 0) is 31.3 Å². The third-order valence-electron chi connectivity index (χ3n) is 2.98. The molecular weight excluding hydrogens is 134 g/mol. The lowest BCUT2D eigenvalue weighted by atomic mass is 9.75. The fraction of sp³-hybridized carbons (Fsp3) is 1.00. The molecule has 1 N–H and O–H groups in total. The minimum atomic E-state index is 0.961. The van der Waals surface area contributed by atoms with Crippen molar-refractivity contribution >= 4 is 0 Å². The van der Waals surface area contributed by atoms with Gasteiger partial charge in [0.25, 0.3) is 0 Å². The molecule has 1 rings (SSSR count). The highest BCUT2D eigenvalue weighted by molar-refractivity contribution is 4.75. The molecule has 1 fully saturated rings. The van der Waals surface area contributed by atoms with E-state index in [0.29, 0.717) is 0 Å². The molecule has 1 atom stereocenters. The Balaban J connectivity index is 1.96. The van der Waals surface area contributed by atoms with Crippen molar-refractivity contribution in [3.05, 3.63) is 0 Å². The van der Waals surface area contributed by atoms with E-state index >= 15 is 0 Å². The van der Waals surface area contributed by atoms with Crippen LogP contribution in [0.15, 0.2) is 0 Å². The predicted molar refractivity (Wildman–Crippen MR) is 49.7 cm³/mol. The van der Waals surface area contributed by atoms with Crippen molar-refractivity contribution in [2.45, 2.75) is 39.5 Å². The Bertz CT molecular complexity index is 97.0. The molecule has 1 heteroatoms. The molecule has 0 aromatic heterocycles. The lowest BCUT2D eigenvalue weighted by Crippen LogP contribution is -2.24. The number of nitrogens with one attached hydrogen (secondary N) is 1. The predicted octanol–water partition coefficient (Wildman–Crippen LogP) is 2.42. The number of rotatable bonds is 5. The van der Waals surface area contributed by atoms with Crippen LogP contribution in [0.4, 0.5) is 0 Å². The first-order valence-corrected chi connectivity index (χ1v) is 5.05. The van der Waals surface area contributed by atoms with Crippen LogP contribution in [-0.4, -0.2) is 13.1 Å². The van der Waals surface area contributed by atoms with E-state index in [0.717, 1.165) is 18.4 Å². The molecular formula is C10H21N. The highest BCUT2D eigenvalue weighted by atomic mass is 14.8. The van der Waals surface area contributed by atoms with Gasteiger partial charge >= 0.3 is 0 Å². The topological polar surface area (TPSA) is 12.0 Å². The van der Waals surface area contributed by atoms with Gasteiger partial charge in [0.1, 0.15) is 0 Å². The molecule has 1 saturated carbocycles. The maximum atomic E-state index is 3.38. The van der Waals surface area contributed by atoms with Gasteiger partial charge in [-0.1, -0.05) is 33.1 Å². The molecule has 0 saturated heterocycles. The van der Waals surface area contributed by atoms with Crippen LogP contribution in [-0.2, 0) is 0 Å². The summed E-state index contributed by atoms with van der Waals surface area (Å²) in [6.45, 7) is 6.92. The van der Waals surface area contributed by atoms with Crippen molar-refractivity contribution in [2.75, 3.05) is 13.1 Å². The summed E-state index contributed by atoms with van der Waals surface area (Å²) in [7, 11) is 0. The summed E-state index contributed by atoms with van der Waals surface area (Å²) >= 11 is 0. The third-order valence-corrected chi connectivity index (χ3v) is 2.98. The van der Waals surface area contributed by atoms with E-state index in [1.807, 2.05) is 0 Å². The Morgan fingerprint density at radius 2 is 2.18 bits per heavy atom. The second kappa shape index (κ2) is 4.76. The molecule has 1 nitrogen and oxygen atoms in total. The highest BCUT2D eigenvalue weighted by Crippen LogP contribution is 2.34. The standard InChI is InChI=1S/C10H21N/c1-3-11-8-7-9(2)10-5-4-6-10/h9-11H,3-8H2,1-2H3. The third kappa shape index (κ3) is 2.82. The zero-order valence-electron chi connectivity index (χ0n) is 7.90. The van der Waals surface area contributed by atoms with Crippen LogP contribution in [0.2, 0.25) is 0 Å². The smallest absolute Gasteiger partial charge is 0.00464 e. The van der Waals surface area contributed by atoms with Crippen LogP contribution in [0.5, 0.6) is 0 Å². The van der Waals surface area contributed by atoms with Gasteiger partial charge in [0.2, 0.25) is 0 Å². The molecule has 0 aromatic rings. The van der Waals surface area contributed by atoms with Gasteiger partial charge in [0.15, 0.2) is 0 Å². The molecule has 1 aliphatic rings. The SMILES string of the molecule is CCNCCC(C)C1CCC1. The average molecular weight is 155 g/mol. The summed E-state index contributed by atoms with van der Waals surface area (Å²) in [5.41, 5.74) is 0. The summed E-state index contributed by atoms with van der Waals surface area (Å²) < 4.78 is 0. The van der Waals surface area contributed by atoms with Gasteiger partial charge in [-0.15, -0.1) is 0 Å². The minimum Gasteiger partial charge on any atom is -0.317 e. The summed E-state index contributed by atoms with van der Waals surface area (Å²) in [6, 6.07) is 0. The Morgan fingerprint density at radius 3 is 2.64 bits per heavy atom. The largest absolute Gasteiger partial charge is 0.317 e. The molecule has 1 aliphatic carbocycles. The molecule has 0 aromatic carbocycles. The van der Waals surface area contributed by atoms with E-state index < -0.39 is 0 Å². The van der Waals surface area contributed by atoms with E-state index in [4.69, 9.17) is 0 Å². The zero-order valence-corrected chi connectivity index (χ0v) is 7.90. The molecule has 11 heavy (non-hydrogen) atoms. The van der Waals surface area contributed by atoms with Crippen molar-refractivity contribution in [3.63, 3.8) is 0 Å². The summed E-state index contributed by atoms with van der Waals surface area (Å²) in [4.78, 5) is 0. The van der Waals surface area contributed by atoms with Crippen LogP contribution in [0, 0.1) is 11.8 Å². The van der Waals surface area contributed by atoms with Crippen LogP contribution >= 0.6 is 0 Å². The van der Waals surface area contributed by atoms with Crippen LogP contribution in [0.1, 0.15) is 39.5 Å². The Kier molecular flexibility index (Phi) is 3.92. The van der Waals surface area contributed by atoms with E-state index in [2.05, 4.69) is 19.2 Å². The Hall–Kier alpha value is -0.0400. The van der Waals surface area contributed by atoms with Gasteiger partial charge < -0.3 is 5.32 Å². The maximum absolute atomic E-state index is 3.38. The molecule has 0 spiro atoms. The van der Waals surface area contributed by atoms with E-state index in [1.54, 1.807) is 0 Å². The first kappa shape index (κ1) is 9.05. The maximum Gasteiger partial charge on any atom is -0.00464 e. The fourth-order valence-electron chi connectivity index (χ4n) is 1.75. The van der Waals surface area contributed by atoms with Crippen molar-refractivity contribution in [1.29, 1.82) is 0 Å². The summed E-state index contributed by atoms with van der Waals surface area (Å²) in [5.74, 6) is 2.02. The van der Waals surface area contributed by atoms with Gasteiger partial charge in [0, 0.05) is 0 Å². The average Bonchev–Trinajstić information content (AvgIpc) is 1.84. The molecule has 0 bridgehead atoms. The molecule has 1 unspecified atom stereocenters. The highest BCUT2D eigenvalue weighted by Gasteiger charge is 2.22. The lowest BCUT2D eigenvalue weighted by molar-refractivity contribution is 0.210. The van der Waals surface area contributed by atoms with Crippen molar-refractivity contribution in [1.82, 2.24) is 5.32 Å². The Morgan fingerprint density at radius 1 is 1.45 bits per heavy atom. The van der Waals surface area contributed by atoms with Gasteiger partial charge in [0.05, 0.1) is 0 Å². The van der Waals surface area contributed by atoms with Gasteiger partial charge in [-0.2, -0.15) is 0 Å². The first-order valence-electron chi connectivity index (χ1n) is 5.05. The number of hydrogen-bond acceptors (Lipinski definition) is 1. The van der Waals surface area contributed by atoms with E-state index in [1.165, 1.54) is 32.2 Å². The van der Waals surface area contributed by atoms with Crippen molar-refractivity contribution < 1.29 is 0 Å². The zero-order chi connectivity index (χ0) is 8.10. The minimum absolute atomic E-state index is 0.961. The fourth-order valence-corrected chi connectivity index (χ4v) is 1.75. The molecule has 0 aliphatic heterocycles. The number of hydrogen-bond donors (Lipinski definition) is 1. The molecule has 0 heterocycles. The quantitative estimate of drug-likeness (QED) is 0.601. The normalized spacial score (nSPS) is 21.3. The second-order valence-electron chi connectivity index (χ2n) is 3.81.